The molecule has 2 aromatic carbocycles. The number of hydrogen-bond acceptors (Lipinski definition) is 4. The van der Waals surface area contributed by atoms with Crippen LogP contribution in [0.2, 0.25) is 0 Å². The van der Waals surface area contributed by atoms with Gasteiger partial charge in [-0.3, -0.25) is 10.4 Å². The molecule has 2 aliphatic heterocycles. The van der Waals surface area contributed by atoms with Crippen LogP contribution in [0.3, 0.4) is 0 Å². The third-order valence-electron chi connectivity index (χ3n) is 7.88. The van der Waals surface area contributed by atoms with Crippen molar-refractivity contribution in [3.05, 3.63) is 70.2 Å². The third kappa shape index (κ3) is 7.98. The number of halogens is 1. The Morgan fingerprint density at radius 2 is 1.74 bits per heavy atom. The molecule has 0 spiro atoms. The van der Waals surface area contributed by atoms with Gasteiger partial charge in [0.15, 0.2) is 11.9 Å². The predicted molar refractivity (Wildman–Crippen MR) is 163 cm³/mol. The Labute approximate surface area is 237 Å². The highest BCUT2D eigenvalue weighted by atomic mass is 79.9. The molecule has 206 valence electrons. The van der Waals surface area contributed by atoms with Crippen molar-refractivity contribution < 1.29 is 0 Å². The molecule has 3 N–H and O–H groups in total. The quantitative estimate of drug-likeness (QED) is 0.279. The molecule has 1 fully saturated rings. The van der Waals surface area contributed by atoms with Crippen LogP contribution in [-0.2, 0) is 12.8 Å². The third-order valence-corrected chi connectivity index (χ3v) is 8.38. The summed E-state index contributed by atoms with van der Waals surface area (Å²) in [6, 6.07) is 20.0. The maximum atomic E-state index is 9.04. The highest BCUT2D eigenvalue weighted by Crippen LogP contribution is 2.23. The van der Waals surface area contributed by atoms with E-state index in [0.29, 0.717) is 18.0 Å². The lowest BCUT2D eigenvalue weighted by molar-refractivity contribution is 0.299. The Morgan fingerprint density at radius 3 is 2.50 bits per heavy atom. The van der Waals surface area contributed by atoms with E-state index in [0.717, 1.165) is 81.2 Å². The maximum Gasteiger partial charge on any atom is 0.194 e. The van der Waals surface area contributed by atoms with E-state index in [1.54, 1.807) is 0 Å². The smallest absolute Gasteiger partial charge is 0.194 e. The maximum absolute atomic E-state index is 9.04. The first-order chi connectivity index (χ1) is 18.4. The van der Waals surface area contributed by atoms with E-state index in [1.165, 1.54) is 24.0 Å². The van der Waals surface area contributed by atoms with Crippen molar-refractivity contribution in [1.29, 1.82) is 5.41 Å². The van der Waals surface area contributed by atoms with Gasteiger partial charge < -0.3 is 20.4 Å². The summed E-state index contributed by atoms with van der Waals surface area (Å²) in [5, 5.41) is 9.04. The van der Waals surface area contributed by atoms with Crippen molar-refractivity contribution >= 4 is 27.8 Å². The lowest BCUT2D eigenvalue weighted by Gasteiger charge is -2.27. The number of benzene rings is 2. The number of hydrogen-bond donors (Lipinski definition) is 2. The minimum atomic E-state index is 0.330. The molecule has 2 aliphatic rings. The fraction of sp³-hybridized carbons (Fsp3) is 0.548. The molecule has 0 unspecified atom stereocenters. The van der Waals surface area contributed by atoms with Gasteiger partial charge in [0.1, 0.15) is 0 Å². The Kier molecular flexibility index (Phi) is 10.5. The van der Waals surface area contributed by atoms with Gasteiger partial charge in [0.05, 0.1) is 18.6 Å². The van der Waals surface area contributed by atoms with Crippen molar-refractivity contribution in [3.63, 3.8) is 0 Å². The Bertz CT molecular complexity index is 1060. The van der Waals surface area contributed by atoms with Crippen LogP contribution in [0.4, 0.5) is 0 Å². The second-order valence-electron chi connectivity index (χ2n) is 11.3. The molecule has 4 rings (SSSR count). The van der Waals surface area contributed by atoms with Crippen molar-refractivity contribution in [2.45, 2.75) is 70.9 Å². The van der Waals surface area contributed by atoms with Gasteiger partial charge >= 0.3 is 0 Å². The zero-order chi connectivity index (χ0) is 26.9. The lowest BCUT2D eigenvalue weighted by Crippen LogP contribution is -2.41. The first kappa shape index (κ1) is 28.5. The first-order valence-electron chi connectivity index (χ1n) is 14.4. The monoisotopic (exact) mass is 580 g/mol. The van der Waals surface area contributed by atoms with Gasteiger partial charge in [-0.1, -0.05) is 72.2 Å². The predicted octanol–water partition coefficient (Wildman–Crippen LogP) is 5.76. The molecule has 0 aromatic heterocycles. The molecule has 2 atom stereocenters. The van der Waals surface area contributed by atoms with Crippen LogP contribution in [0.15, 0.2) is 64.1 Å². The standard InChI is InChI=1S/C31H45BrN6/c1-24(2)10-9-18-37-28(22-35-30(37)33)15-6-7-17-36-23-29(21-25-11-4-3-5-12-25)38(31(36)34)19-16-26-13-8-14-27(32)20-26/h3-5,8,11-14,20,24,28-29,34H,6-7,9-10,15-19,21-23H2,1-2H3,(H2,33,35)/t28-,29+/m0/s1. The van der Waals surface area contributed by atoms with Gasteiger partial charge in [0.25, 0.3) is 0 Å². The van der Waals surface area contributed by atoms with E-state index in [9.17, 15) is 0 Å². The number of nitrogens with one attached hydrogen (secondary N) is 1. The molecule has 2 heterocycles. The summed E-state index contributed by atoms with van der Waals surface area (Å²) in [6.45, 7) is 9.13. The van der Waals surface area contributed by atoms with Crippen LogP contribution >= 0.6 is 15.9 Å². The zero-order valence-electron chi connectivity index (χ0n) is 23.2. The Morgan fingerprint density at radius 1 is 0.947 bits per heavy atom. The molecule has 0 aliphatic carbocycles. The van der Waals surface area contributed by atoms with Gasteiger partial charge in [0, 0.05) is 30.7 Å². The van der Waals surface area contributed by atoms with Crippen LogP contribution < -0.4 is 5.73 Å². The minimum absolute atomic E-state index is 0.330. The largest absolute Gasteiger partial charge is 0.370 e. The molecule has 0 radical (unpaired) electrons. The second-order valence-corrected chi connectivity index (χ2v) is 12.2. The molecule has 7 heteroatoms. The van der Waals surface area contributed by atoms with Gasteiger partial charge in [-0.25, -0.2) is 0 Å². The summed E-state index contributed by atoms with van der Waals surface area (Å²) < 4.78 is 1.11. The summed E-state index contributed by atoms with van der Waals surface area (Å²) in [7, 11) is 0. The average molecular weight is 582 g/mol. The van der Waals surface area contributed by atoms with Crippen LogP contribution in [0.25, 0.3) is 0 Å². The van der Waals surface area contributed by atoms with E-state index < -0.39 is 0 Å². The summed E-state index contributed by atoms with van der Waals surface area (Å²) in [5.41, 5.74) is 8.86. The van der Waals surface area contributed by atoms with E-state index in [1.807, 2.05) is 0 Å². The molecule has 2 aromatic rings. The molecule has 1 saturated heterocycles. The molecule has 38 heavy (non-hydrogen) atoms. The second kappa shape index (κ2) is 14.0. The van der Waals surface area contributed by atoms with Gasteiger partial charge in [-0.15, -0.1) is 0 Å². The number of unbranched alkanes of at least 4 members (excludes halogenated alkanes) is 1. The Balaban J connectivity index is 1.29. The van der Waals surface area contributed by atoms with Crippen LogP contribution in [0.1, 0.15) is 57.1 Å². The summed E-state index contributed by atoms with van der Waals surface area (Å²) in [6.07, 6.45) is 7.67. The summed E-state index contributed by atoms with van der Waals surface area (Å²) in [4.78, 5) is 11.5. The molecule has 0 bridgehead atoms. The van der Waals surface area contributed by atoms with Crippen molar-refractivity contribution in [1.82, 2.24) is 14.7 Å². The van der Waals surface area contributed by atoms with Crippen LogP contribution in [-0.4, -0.2) is 71.4 Å². The zero-order valence-corrected chi connectivity index (χ0v) is 24.7. The SMILES string of the molecule is CC(C)CCCN1C(N)=NC[C@@H]1CCCCN1C[C@@H](Cc2ccccc2)N(CCc2cccc(Br)c2)C1=N. The lowest BCUT2D eigenvalue weighted by atomic mass is 10.0. The van der Waals surface area contributed by atoms with E-state index in [-0.39, 0.29) is 0 Å². The average Bonchev–Trinajstić information content (AvgIpc) is 3.39. The topological polar surface area (TPSA) is 72.0 Å². The van der Waals surface area contributed by atoms with E-state index in [4.69, 9.17) is 11.1 Å². The molecule has 0 amide bonds. The van der Waals surface area contributed by atoms with Crippen LogP contribution in [0, 0.1) is 11.3 Å². The number of rotatable bonds is 14. The number of guanidine groups is 2. The van der Waals surface area contributed by atoms with Crippen molar-refractivity contribution in [2.24, 2.45) is 16.6 Å². The highest BCUT2D eigenvalue weighted by Gasteiger charge is 2.34. The van der Waals surface area contributed by atoms with Crippen molar-refractivity contribution in [2.75, 3.05) is 32.7 Å². The fourth-order valence-corrected chi connectivity index (χ4v) is 6.20. The Hall–Kier alpha value is -2.54. The number of nitrogens with two attached hydrogens (primary N) is 1. The van der Waals surface area contributed by atoms with Gasteiger partial charge in [-0.2, -0.15) is 0 Å². The van der Waals surface area contributed by atoms with Crippen molar-refractivity contribution in [3.8, 4) is 0 Å². The number of nitrogens with zero attached hydrogens (tertiary/aromatic N) is 4. The van der Waals surface area contributed by atoms with Gasteiger partial charge in [0.2, 0.25) is 0 Å². The molecule has 6 nitrogen and oxygen atoms in total. The minimum Gasteiger partial charge on any atom is -0.370 e. The molecule has 0 saturated carbocycles. The van der Waals surface area contributed by atoms with E-state index >= 15 is 0 Å². The number of aliphatic imine (C=N–C) groups is 1. The summed E-state index contributed by atoms with van der Waals surface area (Å²) >= 11 is 3.60. The van der Waals surface area contributed by atoms with Crippen LogP contribution in [0.5, 0.6) is 0 Å². The molecular weight excluding hydrogens is 536 g/mol. The first-order valence-corrected chi connectivity index (χ1v) is 15.1. The highest BCUT2D eigenvalue weighted by molar-refractivity contribution is 9.10. The normalized spacial score (nSPS) is 19.6. The fourth-order valence-electron chi connectivity index (χ4n) is 5.75. The molecular formula is C31H45BrN6. The van der Waals surface area contributed by atoms with E-state index in [2.05, 4.69) is 104 Å². The van der Waals surface area contributed by atoms with Gasteiger partial charge in [-0.05, 0) is 74.1 Å². The summed E-state index contributed by atoms with van der Waals surface area (Å²) in [5.74, 6) is 2.14.